The number of nitrogens with zero attached hydrogens (tertiary/aromatic N) is 2. The molecule has 2 amide bonds. The van der Waals surface area contributed by atoms with Crippen molar-refractivity contribution >= 4 is 12.0 Å². The maximum atomic E-state index is 11.5. The van der Waals surface area contributed by atoms with Gasteiger partial charge in [0.15, 0.2) is 5.82 Å². The normalized spacial score (nSPS) is 16.4. The molecule has 4 N–H and O–H groups in total. The van der Waals surface area contributed by atoms with Crippen LogP contribution in [0, 0.1) is 5.92 Å². The molecule has 0 aromatic carbocycles. The van der Waals surface area contributed by atoms with Gasteiger partial charge < -0.3 is 14.9 Å². The molecule has 1 aliphatic carbocycles. The first-order valence-electron chi connectivity index (χ1n) is 8.80. The average Bonchev–Trinajstić information content (AvgIpc) is 3.08. The number of hydrogen-bond donors (Lipinski definition) is 4. The van der Waals surface area contributed by atoms with Crippen LogP contribution in [0.2, 0.25) is 0 Å². The highest BCUT2D eigenvalue weighted by Crippen LogP contribution is 2.31. The highest BCUT2D eigenvalue weighted by molar-refractivity contribution is 5.75. The van der Waals surface area contributed by atoms with Gasteiger partial charge in [-0.25, -0.2) is 10.3 Å². The maximum absolute atomic E-state index is 11.5. The molecule has 1 aliphatic rings. The molecule has 9 nitrogen and oxygen atoms in total. The fourth-order valence-electron chi connectivity index (χ4n) is 3.37. The highest BCUT2D eigenvalue weighted by Gasteiger charge is 2.23. The second-order valence-electron chi connectivity index (χ2n) is 6.58. The fraction of sp³-hybridized carbons (Fsp3) is 0.750. The molecule has 1 atom stereocenters. The van der Waals surface area contributed by atoms with Gasteiger partial charge in [-0.2, -0.15) is 4.98 Å². The van der Waals surface area contributed by atoms with Gasteiger partial charge in [0.25, 0.3) is 0 Å². The van der Waals surface area contributed by atoms with E-state index in [9.17, 15) is 9.59 Å². The molecule has 0 aliphatic heterocycles. The predicted molar refractivity (Wildman–Crippen MR) is 86.9 cm³/mol. The summed E-state index contributed by atoms with van der Waals surface area (Å²) in [6, 6.07) is 0. The lowest BCUT2D eigenvalue weighted by Gasteiger charge is -2.22. The Morgan fingerprint density at radius 1 is 1.28 bits per heavy atom. The summed E-state index contributed by atoms with van der Waals surface area (Å²) in [5.41, 5.74) is 1.63. The van der Waals surface area contributed by atoms with Gasteiger partial charge in [0.1, 0.15) is 0 Å². The number of amides is 2. The summed E-state index contributed by atoms with van der Waals surface area (Å²) in [5.74, 6) is 0.473. The monoisotopic (exact) mass is 354 g/mol. The molecular formula is C16H26N4O5. The molecule has 0 radical (unpaired) electrons. The number of rotatable bonds is 9. The van der Waals surface area contributed by atoms with E-state index in [1.54, 1.807) is 5.48 Å². The van der Waals surface area contributed by atoms with Crippen molar-refractivity contribution in [2.45, 2.75) is 70.3 Å². The molecule has 2 rings (SSSR count). The minimum absolute atomic E-state index is 0.0508. The zero-order valence-electron chi connectivity index (χ0n) is 14.2. The minimum Gasteiger partial charge on any atom is -0.465 e. The van der Waals surface area contributed by atoms with Crippen molar-refractivity contribution in [2.24, 2.45) is 5.92 Å². The number of nitrogens with one attached hydrogen (secondary N) is 2. The Morgan fingerprint density at radius 3 is 2.72 bits per heavy atom. The van der Waals surface area contributed by atoms with Crippen LogP contribution in [0.1, 0.15) is 75.4 Å². The Labute approximate surface area is 146 Å². The minimum atomic E-state index is -1.17. The molecule has 0 unspecified atom stereocenters. The highest BCUT2D eigenvalue weighted by atomic mass is 16.5. The van der Waals surface area contributed by atoms with Crippen molar-refractivity contribution in [3.8, 4) is 0 Å². The lowest BCUT2D eigenvalue weighted by Crippen LogP contribution is -2.22. The zero-order valence-corrected chi connectivity index (χ0v) is 14.2. The SMILES string of the molecule is O=C(O)NCc1noc([C@H](CCCC2CCCCC2)CC(=O)NO)n1. The molecule has 1 aromatic heterocycles. The standard InChI is InChI=1S/C16H26N4O5/c21-14(19-24)9-12(8-4-7-11-5-2-1-3-6-11)15-18-13(20-25-15)10-17-16(22)23/h11-12,17,24H,1-10H2,(H,19,21)(H,22,23)/t12-/m1/s1. The Kier molecular flexibility index (Phi) is 7.65. The van der Waals surface area contributed by atoms with Crippen LogP contribution in [0.25, 0.3) is 0 Å². The summed E-state index contributed by atoms with van der Waals surface area (Å²) in [6.45, 7) is -0.0557. The lowest BCUT2D eigenvalue weighted by molar-refractivity contribution is -0.129. The van der Waals surface area contributed by atoms with E-state index in [0.717, 1.165) is 18.8 Å². The van der Waals surface area contributed by atoms with Gasteiger partial charge in [-0.15, -0.1) is 0 Å². The molecule has 0 saturated heterocycles. The summed E-state index contributed by atoms with van der Waals surface area (Å²) in [5, 5.41) is 23.3. The van der Waals surface area contributed by atoms with Gasteiger partial charge in [-0.05, 0) is 12.3 Å². The van der Waals surface area contributed by atoms with E-state index < -0.39 is 12.0 Å². The van der Waals surface area contributed by atoms with E-state index in [4.69, 9.17) is 14.8 Å². The van der Waals surface area contributed by atoms with Crippen LogP contribution < -0.4 is 10.8 Å². The molecule has 1 aromatic rings. The fourth-order valence-corrected chi connectivity index (χ4v) is 3.37. The molecule has 1 heterocycles. The van der Waals surface area contributed by atoms with Crippen molar-refractivity contribution in [3.63, 3.8) is 0 Å². The van der Waals surface area contributed by atoms with Gasteiger partial charge in [0.05, 0.1) is 6.54 Å². The lowest BCUT2D eigenvalue weighted by atomic mass is 9.84. The van der Waals surface area contributed by atoms with E-state index in [1.165, 1.54) is 32.1 Å². The molecule has 0 bridgehead atoms. The maximum Gasteiger partial charge on any atom is 0.405 e. The van der Waals surface area contributed by atoms with Crippen LogP contribution in [0.4, 0.5) is 4.79 Å². The largest absolute Gasteiger partial charge is 0.465 e. The Bertz CT molecular complexity index is 556. The van der Waals surface area contributed by atoms with Gasteiger partial charge in [0.2, 0.25) is 11.8 Å². The van der Waals surface area contributed by atoms with E-state index >= 15 is 0 Å². The molecule has 1 fully saturated rings. The van der Waals surface area contributed by atoms with Crippen LogP contribution in [-0.2, 0) is 11.3 Å². The quantitative estimate of drug-likeness (QED) is 0.395. The molecule has 25 heavy (non-hydrogen) atoms. The van der Waals surface area contributed by atoms with Crippen molar-refractivity contribution in [1.82, 2.24) is 20.9 Å². The summed E-state index contributed by atoms with van der Waals surface area (Å²) in [6.07, 6.45) is 8.10. The second-order valence-corrected chi connectivity index (χ2v) is 6.58. The summed E-state index contributed by atoms with van der Waals surface area (Å²) >= 11 is 0. The topological polar surface area (TPSA) is 138 Å². The molecule has 0 spiro atoms. The number of carbonyl (C=O) groups excluding carboxylic acids is 1. The van der Waals surface area contributed by atoms with Gasteiger partial charge >= 0.3 is 6.09 Å². The third kappa shape index (κ3) is 6.69. The van der Waals surface area contributed by atoms with Gasteiger partial charge in [0, 0.05) is 12.3 Å². The Balaban J connectivity index is 1.90. The smallest absolute Gasteiger partial charge is 0.405 e. The van der Waals surface area contributed by atoms with Crippen LogP contribution in [0.5, 0.6) is 0 Å². The molecular weight excluding hydrogens is 328 g/mol. The second kappa shape index (κ2) is 9.97. The van der Waals surface area contributed by atoms with E-state index in [0.29, 0.717) is 12.3 Å². The van der Waals surface area contributed by atoms with Crippen molar-refractivity contribution < 1.29 is 24.4 Å². The van der Waals surface area contributed by atoms with E-state index in [-0.39, 0.29) is 24.7 Å². The Hall–Kier alpha value is -2.16. The number of aromatic nitrogens is 2. The van der Waals surface area contributed by atoms with Gasteiger partial charge in [-0.3, -0.25) is 10.0 Å². The van der Waals surface area contributed by atoms with Crippen LogP contribution in [0.15, 0.2) is 4.52 Å². The van der Waals surface area contributed by atoms with Crippen molar-refractivity contribution in [2.75, 3.05) is 0 Å². The number of carboxylic acid groups (broad SMARTS) is 1. The average molecular weight is 354 g/mol. The van der Waals surface area contributed by atoms with Crippen LogP contribution in [-0.4, -0.2) is 32.5 Å². The first kappa shape index (κ1) is 19.2. The molecule has 1 saturated carbocycles. The summed E-state index contributed by atoms with van der Waals surface area (Å²) < 4.78 is 5.19. The summed E-state index contributed by atoms with van der Waals surface area (Å²) in [7, 11) is 0. The van der Waals surface area contributed by atoms with Crippen LogP contribution >= 0.6 is 0 Å². The van der Waals surface area contributed by atoms with Crippen molar-refractivity contribution in [1.29, 1.82) is 0 Å². The number of hydrogen-bond acceptors (Lipinski definition) is 6. The predicted octanol–water partition coefficient (Wildman–Crippen LogP) is 2.57. The summed E-state index contributed by atoms with van der Waals surface area (Å²) in [4.78, 5) is 26.2. The number of carbonyl (C=O) groups is 2. The first-order chi connectivity index (χ1) is 12.1. The van der Waals surface area contributed by atoms with Crippen LogP contribution in [0.3, 0.4) is 0 Å². The molecule has 9 heteroatoms. The van der Waals surface area contributed by atoms with E-state index in [2.05, 4.69) is 15.5 Å². The van der Waals surface area contributed by atoms with Crippen molar-refractivity contribution in [3.05, 3.63) is 11.7 Å². The third-order valence-corrected chi connectivity index (χ3v) is 4.68. The first-order valence-corrected chi connectivity index (χ1v) is 8.80. The zero-order chi connectivity index (χ0) is 18.1. The molecule has 140 valence electrons. The third-order valence-electron chi connectivity index (χ3n) is 4.68. The van der Waals surface area contributed by atoms with Gasteiger partial charge in [-0.1, -0.05) is 50.1 Å². The Morgan fingerprint density at radius 2 is 2.04 bits per heavy atom. The number of hydroxylamine groups is 1. The van der Waals surface area contributed by atoms with E-state index in [1.807, 2.05) is 0 Å².